The van der Waals surface area contributed by atoms with Gasteiger partial charge < -0.3 is 4.90 Å². The van der Waals surface area contributed by atoms with E-state index in [1.54, 1.807) is 0 Å². The standard InChI is InChI=1S/C24H32N6/c1-16-12-22(19-13-25-28(3)23(19)26-16)29-11-7-21-20(14-29)17(2)27-30(21)15-24-8-4-18(5-9-24)6-10-24/h12-13,18H,4-11,14-15H2,1-3H3. The van der Waals surface area contributed by atoms with Crippen molar-refractivity contribution in [2.45, 2.75) is 71.9 Å². The molecule has 6 heteroatoms. The summed E-state index contributed by atoms with van der Waals surface area (Å²) in [5, 5.41) is 10.7. The summed E-state index contributed by atoms with van der Waals surface area (Å²) in [7, 11) is 1.97. The van der Waals surface area contributed by atoms with E-state index in [2.05, 4.69) is 34.6 Å². The first-order valence-electron chi connectivity index (χ1n) is 11.6. The van der Waals surface area contributed by atoms with Gasteiger partial charge in [0.1, 0.15) is 0 Å². The third-order valence-electron chi connectivity index (χ3n) is 8.22. The fourth-order valence-corrected chi connectivity index (χ4v) is 6.37. The second kappa shape index (κ2) is 6.56. The molecule has 30 heavy (non-hydrogen) atoms. The second-order valence-corrected chi connectivity index (χ2v) is 10.1. The molecule has 6 nitrogen and oxygen atoms in total. The van der Waals surface area contributed by atoms with Crippen LogP contribution in [0.3, 0.4) is 0 Å². The van der Waals surface area contributed by atoms with Crippen molar-refractivity contribution in [2.75, 3.05) is 11.4 Å². The van der Waals surface area contributed by atoms with Crippen LogP contribution in [0, 0.1) is 25.2 Å². The van der Waals surface area contributed by atoms with Crippen LogP contribution in [0.5, 0.6) is 0 Å². The topological polar surface area (TPSA) is 51.8 Å². The van der Waals surface area contributed by atoms with Gasteiger partial charge >= 0.3 is 0 Å². The number of rotatable bonds is 3. The van der Waals surface area contributed by atoms with Crippen molar-refractivity contribution in [3.8, 4) is 0 Å². The van der Waals surface area contributed by atoms with E-state index in [0.29, 0.717) is 5.41 Å². The Hall–Kier alpha value is -2.37. The number of nitrogens with zero attached hydrogens (tertiary/aromatic N) is 6. The fourth-order valence-electron chi connectivity index (χ4n) is 6.37. The summed E-state index contributed by atoms with van der Waals surface area (Å²) >= 11 is 0. The predicted molar refractivity (Wildman–Crippen MR) is 119 cm³/mol. The monoisotopic (exact) mass is 404 g/mol. The zero-order valence-corrected chi connectivity index (χ0v) is 18.5. The Bertz CT molecular complexity index is 1100. The molecule has 0 unspecified atom stereocenters. The van der Waals surface area contributed by atoms with Crippen molar-refractivity contribution in [1.29, 1.82) is 0 Å². The van der Waals surface area contributed by atoms with Crippen LogP contribution in [0.25, 0.3) is 11.0 Å². The molecule has 4 aliphatic rings. The summed E-state index contributed by atoms with van der Waals surface area (Å²) < 4.78 is 4.29. The molecule has 3 aromatic heterocycles. The summed E-state index contributed by atoms with van der Waals surface area (Å²) in [5.41, 5.74) is 7.92. The van der Waals surface area contributed by atoms with Crippen molar-refractivity contribution in [3.05, 3.63) is 34.9 Å². The SMILES string of the molecule is Cc1cc(N2CCc3c(c(C)nn3CC34CCC(CC3)CC4)C2)c2cnn(C)c2n1. The number of aromatic nitrogens is 5. The van der Waals surface area contributed by atoms with Gasteiger partial charge in [0, 0.05) is 50.1 Å². The minimum atomic E-state index is 0.516. The molecule has 0 spiro atoms. The zero-order valence-electron chi connectivity index (χ0n) is 18.5. The Morgan fingerprint density at radius 1 is 1.13 bits per heavy atom. The molecule has 3 aromatic rings. The largest absolute Gasteiger partial charge is 0.366 e. The lowest BCUT2D eigenvalue weighted by atomic mass is 9.61. The molecule has 158 valence electrons. The highest BCUT2D eigenvalue weighted by Crippen LogP contribution is 2.51. The van der Waals surface area contributed by atoms with E-state index in [-0.39, 0.29) is 0 Å². The van der Waals surface area contributed by atoms with Crippen LogP contribution in [0.4, 0.5) is 5.69 Å². The average molecular weight is 405 g/mol. The van der Waals surface area contributed by atoms with Crippen molar-refractivity contribution >= 4 is 16.7 Å². The van der Waals surface area contributed by atoms with E-state index in [0.717, 1.165) is 48.7 Å². The van der Waals surface area contributed by atoms with Crippen LogP contribution in [0.15, 0.2) is 12.3 Å². The summed E-state index contributed by atoms with van der Waals surface area (Å²) in [5.74, 6) is 1.02. The molecule has 3 fully saturated rings. The summed E-state index contributed by atoms with van der Waals surface area (Å²) in [4.78, 5) is 7.20. The van der Waals surface area contributed by atoms with Crippen molar-refractivity contribution < 1.29 is 0 Å². The fraction of sp³-hybridized carbons (Fsp3) is 0.625. The molecule has 0 amide bonds. The average Bonchev–Trinajstić information content (AvgIpc) is 3.28. The van der Waals surface area contributed by atoms with E-state index < -0.39 is 0 Å². The summed E-state index contributed by atoms with van der Waals surface area (Å²) in [6.45, 7) is 7.37. The van der Waals surface area contributed by atoms with Gasteiger partial charge in [-0.15, -0.1) is 0 Å². The first-order valence-corrected chi connectivity index (χ1v) is 11.6. The molecule has 1 aliphatic heterocycles. The van der Waals surface area contributed by atoms with Crippen LogP contribution >= 0.6 is 0 Å². The maximum Gasteiger partial charge on any atom is 0.159 e. The van der Waals surface area contributed by atoms with Crippen molar-refractivity contribution in [2.24, 2.45) is 18.4 Å². The molecule has 0 saturated heterocycles. The van der Waals surface area contributed by atoms with Crippen LogP contribution in [0.2, 0.25) is 0 Å². The first-order chi connectivity index (χ1) is 14.5. The molecular weight excluding hydrogens is 372 g/mol. The molecule has 0 atom stereocenters. The summed E-state index contributed by atoms with van der Waals surface area (Å²) in [6.07, 6.45) is 11.6. The Labute approximate surface area is 178 Å². The second-order valence-electron chi connectivity index (χ2n) is 10.1. The van der Waals surface area contributed by atoms with E-state index in [9.17, 15) is 0 Å². The predicted octanol–water partition coefficient (Wildman–Crippen LogP) is 4.31. The third kappa shape index (κ3) is 2.79. The Balaban J connectivity index is 1.32. The lowest BCUT2D eigenvalue weighted by molar-refractivity contribution is 0.0439. The van der Waals surface area contributed by atoms with E-state index in [4.69, 9.17) is 10.1 Å². The maximum absolute atomic E-state index is 5.07. The lowest BCUT2D eigenvalue weighted by Crippen LogP contribution is -2.38. The molecule has 4 heterocycles. The third-order valence-corrected chi connectivity index (χ3v) is 8.22. The van der Waals surface area contributed by atoms with Crippen LogP contribution in [0.1, 0.15) is 61.2 Å². The number of hydrogen-bond acceptors (Lipinski definition) is 4. The first kappa shape index (κ1) is 18.4. The van der Waals surface area contributed by atoms with Gasteiger partial charge in [-0.05, 0) is 69.8 Å². The van der Waals surface area contributed by atoms with E-state index >= 15 is 0 Å². The molecule has 0 N–H and O–H groups in total. The number of pyridine rings is 1. The zero-order chi connectivity index (χ0) is 20.5. The molecular formula is C24H32N6. The quantitative estimate of drug-likeness (QED) is 0.653. The lowest BCUT2D eigenvalue weighted by Gasteiger charge is -2.46. The van der Waals surface area contributed by atoms with E-state index in [1.807, 2.05) is 17.9 Å². The van der Waals surface area contributed by atoms with Crippen molar-refractivity contribution in [3.63, 3.8) is 0 Å². The smallest absolute Gasteiger partial charge is 0.159 e. The summed E-state index contributed by atoms with van der Waals surface area (Å²) in [6, 6.07) is 2.22. The molecule has 0 aromatic carbocycles. The Morgan fingerprint density at radius 2 is 1.90 bits per heavy atom. The van der Waals surface area contributed by atoms with Gasteiger partial charge in [-0.3, -0.25) is 9.36 Å². The van der Waals surface area contributed by atoms with Gasteiger partial charge in [0.2, 0.25) is 0 Å². The number of hydrogen-bond donors (Lipinski definition) is 0. The maximum atomic E-state index is 5.07. The number of aryl methyl sites for hydroxylation is 3. The van der Waals surface area contributed by atoms with Gasteiger partial charge in [0.25, 0.3) is 0 Å². The van der Waals surface area contributed by atoms with Crippen LogP contribution < -0.4 is 4.90 Å². The minimum Gasteiger partial charge on any atom is -0.366 e. The van der Waals surface area contributed by atoms with Crippen LogP contribution in [-0.2, 0) is 26.6 Å². The van der Waals surface area contributed by atoms with E-state index in [1.165, 1.54) is 61.2 Å². The highest BCUT2D eigenvalue weighted by molar-refractivity contribution is 5.89. The molecule has 3 aliphatic carbocycles. The molecule has 3 saturated carbocycles. The number of fused-ring (bicyclic) bond motifs is 5. The van der Waals surface area contributed by atoms with Crippen molar-refractivity contribution in [1.82, 2.24) is 24.5 Å². The highest BCUT2D eigenvalue weighted by atomic mass is 15.3. The highest BCUT2D eigenvalue weighted by Gasteiger charge is 2.41. The molecule has 2 bridgehead atoms. The van der Waals surface area contributed by atoms with Crippen LogP contribution in [-0.4, -0.2) is 31.1 Å². The van der Waals surface area contributed by atoms with Gasteiger partial charge in [-0.1, -0.05) is 0 Å². The molecule has 0 radical (unpaired) electrons. The number of anilines is 1. The molecule has 7 rings (SSSR count). The van der Waals surface area contributed by atoms with Gasteiger partial charge in [0.05, 0.1) is 23.0 Å². The minimum absolute atomic E-state index is 0.516. The van der Waals surface area contributed by atoms with Gasteiger partial charge in [-0.25, -0.2) is 4.98 Å². The van der Waals surface area contributed by atoms with Gasteiger partial charge in [-0.2, -0.15) is 10.2 Å². The Morgan fingerprint density at radius 3 is 2.67 bits per heavy atom. The Kier molecular flexibility index (Phi) is 4.03. The normalized spacial score (nSPS) is 25.8. The van der Waals surface area contributed by atoms with Gasteiger partial charge in [0.15, 0.2) is 5.65 Å².